The fraction of sp³-hybridized carbons (Fsp3) is 0.154. The first-order valence-corrected chi connectivity index (χ1v) is 10.4. The number of benzene rings is 3. The molecule has 0 bridgehead atoms. The van der Waals surface area contributed by atoms with Crippen LogP contribution in [0.3, 0.4) is 0 Å². The molecule has 7 heteroatoms. The lowest BCUT2D eigenvalue weighted by molar-refractivity contribution is -0.142. The molecule has 0 fully saturated rings. The monoisotopic (exact) mass is 451 g/mol. The molecule has 3 aromatic carbocycles. The SMILES string of the molecule is CCOC(=O)Cc1c(C(=O)c2ccccc2-c2cccc(C(F)(F)F)c2)[nH]c2ccccc12. The highest BCUT2D eigenvalue weighted by Gasteiger charge is 2.31. The van der Waals surface area contributed by atoms with Crippen molar-refractivity contribution >= 4 is 22.7 Å². The first-order chi connectivity index (χ1) is 15.8. The van der Waals surface area contributed by atoms with Crippen LogP contribution in [0.4, 0.5) is 13.2 Å². The van der Waals surface area contributed by atoms with E-state index in [2.05, 4.69) is 4.98 Å². The molecule has 1 heterocycles. The maximum Gasteiger partial charge on any atom is 0.416 e. The molecule has 0 aliphatic heterocycles. The first-order valence-electron chi connectivity index (χ1n) is 10.4. The minimum absolute atomic E-state index is 0.106. The van der Waals surface area contributed by atoms with Crippen LogP contribution in [0.5, 0.6) is 0 Å². The smallest absolute Gasteiger partial charge is 0.416 e. The third-order valence-corrected chi connectivity index (χ3v) is 5.34. The molecule has 0 amide bonds. The number of carbonyl (C=O) groups is 2. The first kappa shape index (κ1) is 22.3. The quantitative estimate of drug-likeness (QED) is 0.281. The summed E-state index contributed by atoms with van der Waals surface area (Å²) in [5, 5.41) is 0.713. The molecule has 0 aliphatic carbocycles. The van der Waals surface area contributed by atoms with Gasteiger partial charge in [-0.2, -0.15) is 13.2 Å². The molecule has 0 spiro atoms. The topological polar surface area (TPSA) is 59.2 Å². The van der Waals surface area contributed by atoms with Gasteiger partial charge in [-0.15, -0.1) is 0 Å². The lowest BCUT2D eigenvalue weighted by atomic mass is 9.93. The van der Waals surface area contributed by atoms with E-state index in [0.29, 0.717) is 22.0 Å². The molecule has 168 valence electrons. The Morgan fingerprint density at radius 3 is 2.42 bits per heavy atom. The molecule has 1 N–H and O–H groups in total. The average Bonchev–Trinajstić information content (AvgIpc) is 3.16. The highest BCUT2D eigenvalue weighted by Crippen LogP contribution is 2.34. The zero-order valence-corrected chi connectivity index (χ0v) is 17.7. The van der Waals surface area contributed by atoms with E-state index >= 15 is 0 Å². The van der Waals surface area contributed by atoms with Gasteiger partial charge in [0.1, 0.15) is 0 Å². The predicted molar refractivity (Wildman–Crippen MR) is 119 cm³/mol. The van der Waals surface area contributed by atoms with Crippen LogP contribution in [0.1, 0.15) is 34.1 Å². The number of fused-ring (bicyclic) bond motifs is 1. The Bertz CT molecular complexity index is 1340. The predicted octanol–water partition coefficient (Wildman–Crippen LogP) is 6.19. The maximum absolute atomic E-state index is 13.6. The second-order valence-corrected chi connectivity index (χ2v) is 7.46. The van der Waals surface area contributed by atoms with Gasteiger partial charge in [-0.1, -0.05) is 54.6 Å². The number of hydrogen-bond donors (Lipinski definition) is 1. The number of para-hydroxylation sites is 1. The number of aromatic nitrogens is 1. The van der Waals surface area contributed by atoms with Crippen LogP contribution in [0, 0.1) is 0 Å². The van der Waals surface area contributed by atoms with Gasteiger partial charge in [-0.3, -0.25) is 9.59 Å². The van der Waals surface area contributed by atoms with E-state index in [0.717, 1.165) is 12.1 Å². The lowest BCUT2D eigenvalue weighted by Gasteiger charge is -2.12. The van der Waals surface area contributed by atoms with Gasteiger partial charge < -0.3 is 9.72 Å². The van der Waals surface area contributed by atoms with Crippen molar-refractivity contribution in [3.05, 3.63) is 95.2 Å². The molecule has 1 aromatic heterocycles. The van der Waals surface area contributed by atoms with Crippen LogP contribution in [0.25, 0.3) is 22.0 Å². The van der Waals surface area contributed by atoms with Crippen molar-refractivity contribution in [2.75, 3.05) is 6.61 Å². The number of H-pyrrole nitrogens is 1. The van der Waals surface area contributed by atoms with E-state index in [1.54, 1.807) is 55.5 Å². The second kappa shape index (κ2) is 8.94. The Hall–Kier alpha value is -3.87. The third-order valence-electron chi connectivity index (χ3n) is 5.34. The van der Waals surface area contributed by atoms with Crippen LogP contribution < -0.4 is 0 Å². The molecule has 0 aliphatic rings. The Balaban J connectivity index is 1.83. The molecular formula is C26H20F3NO3. The summed E-state index contributed by atoms with van der Waals surface area (Å²) in [6, 6.07) is 18.5. The normalized spacial score (nSPS) is 11.5. The van der Waals surface area contributed by atoms with E-state index in [1.165, 1.54) is 12.1 Å². The fourth-order valence-corrected chi connectivity index (χ4v) is 3.86. The van der Waals surface area contributed by atoms with Crippen molar-refractivity contribution < 1.29 is 27.5 Å². The Morgan fingerprint density at radius 1 is 0.939 bits per heavy atom. The standard InChI is InChI=1S/C26H20F3NO3/c1-2-33-23(31)15-21-19-11-5-6-13-22(19)30-24(21)25(32)20-12-4-3-10-18(20)16-8-7-9-17(14-16)26(27,28)29/h3-14,30H,2,15H2,1H3. The Kier molecular flexibility index (Phi) is 6.05. The van der Waals surface area contributed by atoms with Gasteiger partial charge in [0.15, 0.2) is 0 Å². The molecule has 0 atom stereocenters. The van der Waals surface area contributed by atoms with Crippen molar-refractivity contribution in [1.82, 2.24) is 4.98 Å². The number of alkyl halides is 3. The summed E-state index contributed by atoms with van der Waals surface area (Å²) in [5.74, 6) is -0.888. The van der Waals surface area contributed by atoms with Crippen molar-refractivity contribution in [2.24, 2.45) is 0 Å². The van der Waals surface area contributed by atoms with Crippen LogP contribution in [-0.4, -0.2) is 23.3 Å². The molecule has 4 aromatic rings. The second-order valence-electron chi connectivity index (χ2n) is 7.46. The summed E-state index contributed by atoms with van der Waals surface area (Å²) in [6.07, 6.45) is -4.61. The molecule has 33 heavy (non-hydrogen) atoms. The summed E-state index contributed by atoms with van der Waals surface area (Å²) in [6.45, 7) is 1.91. The summed E-state index contributed by atoms with van der Waals surface area (Å²) in [7, 11) is 0. The molecule has 0 unspecified atom stereocenters. The van der Waals surface area contributed by atoms with Crippen molar-refractivity contribution in [3.63, 3.8) is 0 Å². The summed E-state index contributed by atoms with van der Waals surface area (Å²) in [4.78, 5) is 29.0. The number of esters is 1. The third kappa shape index (κ3) is 4.53. The fourth-order valence-electron chi connectivity index (χ4n) is 3.86. The van der Waals surface area contributed by atoms with Crippen LogP contribution >= 0.6 is 0 Å². The van der Waals surface area contributed by atoms with Gasteiger partial charge in [0.25, 0.3) is 0 Å². The molecule has 4 nitrogen and oxygen atoms in total. The van der Waals surface area contributed by atoms with Gasteiger partial charge in [0, 0.05) is 22.0 Å². The number of hydrogen-bond acceptors (Lipinski definition) is 3. The van der Waals surface area contributed by atoms with E-state index in [1.807, 2.05) is 0 Å². The molecule has 0 radical (unpaired) electrons. The molecule has 4 rings (SSSR count). The zero-order chi connectivity index (χ0) is 23.6. The Labute approximate surface area is 188 Å². The van der Waals surface area contributed by atoms with Crippen LogP contribution in [0.2, 0.25) is 0 Å². The number of ketones is 1. The molecular weight excluding hydrogens is 431 g/mol. The van der Waals surface area contributed by atoms with Crippen LogP contribution in [-0.2, 0) is 22.1 Å². The number of ether oxygens (including phenoxy) is 1. The highest BCUT2D eigenvalue weighted by atomic mass is 19.4. The zero-order valence-electron chi connectivity index (χ0n) is 17.7. The molecule has 0 saturated heterocycles. The largest absolute Gasteiger partial charge is 0.466 e. The summed E-state index contributed by atoms with van der Waals surface area (Å²) < 4.78 is 44.8. The van der Waals surface area contributed by atoms with E-state index in [-0.39, 0.29) is 29.8 Å². The van der Waals surface area contributed by atoms with Gasteiger partial charge in [-0.05, 0) is 36.2 Å². The van der Waals surface area contributed by atoms with Crippen molar-refractivity contribution in [2.45, 2.75) is 19.5 Å². The minimum Gasteiger partial charge on any atom is -0.466 e. The summed E-state index contributed by atoms with van der Waals surface area (Å²) in [5.41, 5.74) is 1.46. The van der Waals surface area contributed by atoms with Gasteiger partial charge >= 0.3 is 12.1 Å². The van der Waals surface area contributed by atoms with Crippen LogP contribution in [0.15, 0.2) is 72.8 Å². The highest BCUT2D eigenvalue weighted by molar-refractivity contribution is 6.15. The van der Waals surface area contributed by atoms with Gasteiger partial charge in [-0.25, -0.2) is 0 Å². The number of nitrogens with one attached hydrogen (secondary N) is 1. The lowest BCUT2D eigenvalue weighted by Crippen LogP contribution is -2.12. The number of carbonyl (C=O) groups excluding carboxylic acids is 2. The maximum atomic E-state index is 13.6. The number of halogens is 3. The Morgan fingerprint density at radius 2 is 1.67 bits per heavy atom. The molecule has 0 saturated carbocycles. The van der Waals surface area contributed by atoms with E-state index < -0.39 is 23.5 Å². The number of rotatable bonds is 6. The van der Waals surface area contributed by atoms with Crippen molar-refractivity contribution in [1.29, 1.82) is 0 Å². The van der Waals surface area contributed by atoms with Crippen molar-refractivity contribution in [3.8, 4) is 11.1 Å². The minimum atomic E-state index is -4.50. The summed E-state index contributed by atoms with van der Waals surface area (Å²) >= 11 is 0. The van der Waals surface area contributed by atoms with E-state index in [4.69, 9.17) is 4.74 Å². The van der Waals surface area contributed by atoms with Gasteiger partial charge in [0.05, 0.1) is 24.3 Å². The van der Waals surface area contributed by atoms with Gasteiger partial charge in [0.2, 0.25) is 5.78 Å². The van der Waals surface area contributed by atoms with E-state index in [9.17, 15) is 22.8 Å². The number of aromatic amines is 1. The average molecular weight is 451 g/mol.